The lowest BCUT2D eigenvalue weighted by molar-refractivity contribution is -0.385. The number of carboxylic acid groups (broad SMARTS) is 1. The minimum absolute atomic E-state index is 0.0746. The molecule has 0 fully saturated rings. The van der Waals surface area contributed by atoms with Gasteiger partial charge in [0.25, 0.3) is 5.69 Å². The highest BCUT2D eigenvalue weighted by Crippen LogP contribution is 2.29. The number of carboxylic acids is 1. The van der Waals surface area contributed by atoms with Crippen molar-refractivity contribution in [2.24, 2.45) is 5.73 Å². The monoisotopic (exact) mass is 286 g/mol. The molecule has 0 heterocycles. The number of amides is 2. The van der Waals surface area contributed by atoms with Crippen molar-refractivity contribution in [1.82, 2.24) is 5.32 Å². The number of carbonyl (C=O) groups is 2. The van der Waals surface area contributed by atoms with Crippen molar-refractivity contribution in [1.29, 1.82) is 0 Å². The summed E-state index contributed by atoms with van der Waals surface area (Å²) < 4.78 is 0. The van der Waals surface area contributed by atoms with Crippen molar-refractivity contribution in [2.45, 2.75) is 12.5 Å². The number of urea groups is 1. The Balaban J connectivity index is 3.19. The highest BCUT2D eigenvalue weighted by atomic mass is 35.5. The smallest absolute Gasteiger partial charge is 0.312 e. The zero-order valence-electron chi connectivity index (χ0n) is 9.46. The summed E-state index contributed by atoms with van der Waals surface area (Å²) in [6, 6.07) is 1.39. The maximum atomic E-state index is 10.8. The molecule has 0 aromatic heterocycles. The molecule has 102 valence electrons. The molecule has 0 spiro atoms. The van der Waals surface area contributed by atoms with E-state index in [1.165, 1.54) is 6.07 Å². The number of hydrogen-bond donors (Lipinski definition) is 2. The molecule has 1 atom stereocenters. The quantitative estimate of drug-likeness (QED) is 0.583. The molecule has 3 N–H and O–H groups in total. The lowest BCUT2D eigenvalue weighted by atomic mass is 10.0. The summed E-state index contributed by atoms with van der Waals surface area (Å²) in [6.07, 6.45) is -0.607. The molecule has 0 unspecified atom stereocenters. The first kappa shape index (κ1) is 14.7. The number of halogens is 1. The van der Waals surface area contributed by atoms with Gasteiger partial charge in [0.1, 0.15) is 0 Å². The van der Waals surface area contributed by atoms with Gasteiger partial charge in [-0.3, -0.25) is 10.1 Å². The van der Waals surface area contributed by atoms with Crippen LogP contribution in [-0.4, -0.2) is 16.9 Å². The molecule has 0 aliphatic rings. The third-order valence-corrected chi connectivity index (χ3v) is 2.60. The molecule has 19 heavy (non-hydrogen) atoms. The van der Waals surface area contributed by atoms with Crippen LogP contribution in [0.5, 0.6) is 0 Å². The summed E-state index contributed by atoms with van der Waals surface area (Å²) >= 11 is 5.83. The van der Waals surface area contributed by atoms with Gasteiger partial charge < -0.3 is 21.0 Å². The number of primary amides is 1. The van der Waals surface area contributed by atoms with Crippen molar-refractivity contribution in [3.63, 3.8) is 0 Å². The van der Waals surface area contributed by atoms with E-state index in [2.05, 4.69) is 5.32 Å². The van der Waals surface area contributed by atoms with Crippen molar-refractivity contribution >= 4 is 29.3 Å². The molecule has 8 nitrogen and oxygen atoms in total. The molecule has 0 radical (unpaired) electrons. The molecule has 0 aliphatic carbocycles. The number of non-ortho nitro benzene ring substituents is 1. The number of hydrogen-bond acceptors (Lipinski definition) is 5. The second-order valence-corrected chi connectivity index (χ2v) is 4.01. The van der Waals surface area contributed by atoms with E-state index in [4.69, 9.17) is 17.3 Å². The average Bonchev–Trinajstić information content (AvgIpc) is 2.27. The van der Waals surface area contributed by atoms with Gasteiger partial charge in [-0.25, -0.2) is 4.79 Å². The normalized spacial score (nSPS) is 11.6. The molecule has 0 bridgehead atoms. The summed E-state index contributed by atoms with van der Waals surface area (Å²) in [5.74, 6) is -1.46. The fourth-order valence-electron chi connectivity index (χ4n) is 1.49. The van der Waals surface area contributed by atoms with E-state index in [-0.39, 0.29) is 16.3 Å². The fourth-order valence-corrected chi connectivity index (χ4v) is 1.74. The van der Waals surface area contributed by atoms with E-state index in [9.17, 15) is 24.8 Å². The van der Waals surface area contributed by atoms with Crippen molar-refractivity contribution < 1.29 is 19.6 Å². The van der Waals surface area contributed by atoms with Gasteiger partial charge in [-0.1, -0.05) is 11.6 Å². The Morgan fingerprint density at radius 2 is 2.11 bits per heavy atom. The van der Waals surface area contributed by atoms with Gasteiger partial charge >= 0.3 is 6.03 Å². The molecule has 2 amide bonds. The molecule has 0 saturated heterocycles. The van der Waals surface area contributed by atoms with Gasteiger partial charge in [-0.05, 0) is 6.07 Å². The van der Waals surface area contributed by atoms with Crippen LogP contribution < -0.4 is 16.2 Å². The summed E-state index contributed by atoms with van der Waals surface area (Å²) in [5.41, 5.74) is 4.71. The van der Waals surface area contributed by atoms with Crippen LogP contribution in [0.2, 0.25) is 5.02 Å². The molecule has 0 saturated carbocycles. The fraction of sp³-hybridized carbons (Fsp3) is 0.200. The highest BCUT2D eigenvalue weighted by molar-refractivity contribution is 6.31. The van der Waals surface area contributed by atoms with Crippen LogP contribution in [-0.2, 0) is 4.79 Å². The Bertz CT molecular complexity index is 518. The SMILES string of the molecule is NC(=O)N[C@H](CC(=O)[O-])c1cc([N+](=O)[O-])ccc1Cl. The third-order valence-electron chi connectivity index (χ3n) is 2.25. The number of carbonyl (C=O) groups excluding carboxylic acids is 2. The molecule has 9 heteroatoms. The van der Waals surface area contributed by atoms with Gasteiger partial charge in [-0.15, -0.1) is 0 Å². The number of rotatable bonds is 5. The highest BCUT2D eigenvalue weighted by Gasteiger charge is 2.19. The van der Waals surface area contributed by atoms with Crippen LogP contribution in [0.3, 0.4) is 0 Å². The third kappa shape index (κ3) is 4.11. The van der Waals surface area contributed by atoms with Crippen LogP contribution in [0.25, 0.3) is 0 Å². The lowest BCUT2D eigenvalue weighted by Gasteiger charge is -2.19. The van der Waals surface area contributed by atoms with E-state index in [1.807, 2.05) is 0 Å². The molecule has 0 aliphatic heterocycles. The van der Waals surface area contributed by atoms with Crippen molar-refractivity contribution in [3.8, 4) is 0 Å². The van der Waals surface area contributed by atoms with Gasteiger partial charge in [0.05, 0.1) is 11.0 Å². The second kappa shape index (κ2) is 6.01. The molecule has 1 aromatic rings. The largest absolute Gasteiger partial charge is 0.550 e. The molecule has 1 aromatic carbocycles. The van der Waals surface area contributed by atoms with E-state index in [0.29, 0.717) is 0 Å². The maximum absolute atomic E-state index is 10.8. The maximum Gasteiger partial charge on any atom is 0.312 e. The Hall–Kier alpha value is -2.35. The summed E-state index contributed by atoms with van der Waals surface area (Å²) in [5, 5.41) is 23.5. The summed E-state index contributed by atoms with van der Waals surface area (Å²) in [7, 11) is 0. The van der Waals surface area contributed by atoms with Crippen molar-refractivity contribution in [3.05, 3.63) is 38.9 Å². The zero-order valence-corrected chi connectivity index (χ0v) is 10.2. The minimum atomic E-state index is -1.46. The Kier molecular flexibility index (Phi) is 4.65. The van der Waals surface area contributed by atoms with Crippen LogP contribution in [0, 0.1) is 10.1 Å². The molecular formula is C10H9ClN3O5-. The average molecular weight is 287 g/mol. The topological polar surface area (TPSA) is 138 Å². The van der Waals surface area contributed by atoms with E-state index >= 15 is 0 Å². The number of nitrogens with zero attached hydrogens (tertiary/aromatic N) is 1. The van der Waals surface area contributed by atoms with Gasteiger partial charge in [0.2, 0.25) is 0 Å². The molecular weight excluding hydrogens is 278 g/mol. The predicted octanol–water partition coefficient (Wildman–Crippen LogP) is 0.0976. The zero-order chi connectivity index (χ0) is 14.6. The number of nitro benzene ring substituents is 1. The first-order valence-electron chi connectivity index (χ1n) is 5.01. The standard InChI is InChI=1S/C10H10ClN3O5/c11-7-2-1-5(14(18)19)3-6(7)8(4-9(15)16)13-10(12)17/h1-3,8H,4H2,(H,15,16)(H3,12,13,17)/p-1/t8-/m1/s1. The van der Waals surface area contributed by atoms with Gasteiger partial charge in [0.15, 0.2) is 0 Å². The summed E-state index contributed by atoms with van der Waals surface area (Å²) in [6.45, 7) is 0. The van der Waals surface area contributed by atoms with Gasteiger partial charge in [0, 0.05) is 35.1 Å². The van der Waals surface area contributed by atoms with Gasteiger partial charge in [-0.2, -0.15) is 0 Å². The number of nitrogens with one attached hydrogen (secondary N) is 1. The number of nitrogens with two attached hydrogens (primary N) is 1. The number of nitro groups is 1. The molecule has 1 rings (SSSR count). The predicted molar refractivity (Wildman–Crippen MR) is 63.2 cm³/mol. The number of aliphatic carboxylic acids is 1. The van der Waals surface area contributed by atoms with Crippen LogP contribution in [0.15, 0.2) is 18.2 Å². The van der Waals surface area contributed by atoms with Crippen LogP contribution in [0.1, 0.15) is 18.0 Å². The Labute approximate surface area is 112 Å². The number of benzene rings is 1. The summed E-state index contributed by atoms with van der Waals surface area (Å²) in [4.78, 5) is 31.4. The first-order chi connectivity index (χ1) is 8.81. The Morgan fingerprint density at radius 3 is 2.58 bits per heavy atom. The first-order valence-corrected chi connectivity index (χ1v) is 5.38. The minimum Gasteiger partial charge on any atom is -0.550 e. The van der Waals surface area contributed by atoms with E-state index in [0.717, 1.165) is 12.1 Å². The van der Waals surface area contributed by atoms with Crippen LogP contribution in [0.4, 0.5) is 10.5 Å². The van der Waals surface area contributed by atoms with E-state index < -0.39 is 29.4 Å². The van der Waals surface area contributed by atoms with Crippen LogP contribution >= 0.6 is 11.6 Å². The Morgan fingerprint density at radius 1 is 1.47 bits per heavy atom. The second-order valence-electron chi connectivity index (χ2n) is 3.60. The van der Waals surface area contributed by atoms with E-state index in [1.54, 1.807) is 0 Å². The lowest BCUT2D eigenvalue weighted by Crippen LogP contribution is -2.37. The van der Waals surface area contributed by atoms with Crippen molar-refractivity contribution in [2.75, 3.05) is 0 Å².